The number of aromatic nitrogens is 2. The first kappa shape index (κ1) is 15.9. The first-order valence-electron chi connectivity index (χ1n) is 7.54. The van der Waals surface area contributed by atoms with E-state index in [2.05, 4.69) is 20.2 Å². The zero-order chi connectivity index (χ0) is 15.4. The topological polar surface area (TPSA) is 38.2 Å². The number of halogens is 1. The lowest BCUT2D eigenvalue weighted by Crippen LogP contribution is -2.31. The fraction of sp³-hybridized carbons (Fsp3) is 0.500. The molecule has 3 heterocycles. The van der Waals surface area contributed by atoms with Gasteiger partial charge in [-0.2, -0.15) is 0 Å². The number of ether oxygens (including phenoxy) is 1. The molecule has 1 fully saturated rings. The summed E-state index contributed by atoms with van der Waals surface area (Å²) in [6, 6.07) is 3.87. The van der Waals surface area contributed by atoms with Gasteiger partial charge in [-0.05, 0) is 31.4 Å². The van der Waals surface area contributed by atoms with E-state index in [0.717, 1.165) is 55.3 Å². The van der Waals surface area contributed by atoms with Gasteiger partial charge in [-0.15, -0.1) is 11.3 Å². The number of hydrogen-bond donors (Lipinski definition) is 0. The van der Waals surface area contributed by atoms with Crippen molar-refractivity contribution in [1.29, 1.82) is 0 Å². The second-order valence-electron chi connectivity index (χ2n) is 5.68. The van der Waals surface area contributed by atoms with Gasteiger partial charge in [0.05, 0.1) is 12.6 Å². The largest absolute Gasteiger partial charge is 0.377 e. The number of thiazole rings is 1. The summed E-state index contributed by atoms with van der Waals surface area (Å²) in [5.41, 5.74) is 2.25. The third-order valence-corrected chi connectivity index (χ3v) is 4.88. The summed E-state index contributed by atoms with van der Waals surface area (Å²) in [4.78, 5) is 11.1. The minimum Gasteiger partial charge on any atom is -0.377 e. The molecule has 0 saturated carbocycles. The van der Waals surface area contributed by atoms with Crippen LogP contribution in [-0.2, 0) is 17.8 Å². The highest BCUT2D eigenvalue weighted by molar-refractivity contribution is 7.09. The zero-order valence-corrected chi connectivity index (χ0v) is 14.2. The van der Waals surface area contributed by atoms with Crippen molar-refractivity contribution in [1.82, 2.24) is 14.9 Å². The smallest absolute Gasteiger partial charge is 0.129 e. The predicted octanol–water partition coefficient (Wildman–Crippen LogP) is 3.68. The van der Waals surface area contributed by atoms with E-state index in [1.54, 1.807) is 11.3 Å². The summed E-state index contributed by atoms with van der Waals surface area (Å²) < 4.78 is 5.79. The minimum atomic E-state index is 0.335. The molecular formula is C16H20ClN3OS. The van der Waals surface area contributed by atoms with Crippen molar-refractivity contribution in [3.05, 3.63) is 45.1 Å². The molecule has 2 aromatic heterocycles. The lowest BCUT2D eigenvalue weighted by atomic mass is 10.2. The molecule has 2 aromatic rings. The van der Waals surface area contributed by atoms with Gasteiger partial charge < -0.3 is 4.74 Å². The van der Waals surface area contributed by atoms with Crippen LogP contribution in [-0.4, -0.2) is 34.1 Å². The molecule has 0 unspecified atom stereocenters. The lowest BCUT2D eigenvalue weighted by molar-refractivity contribution is 0.0678. The molecule has 1 aliphatic heterocycles. The summed E-state index contributed by atoms with van der Waals surface area (Å²) in [7, 11) is 0. The normalized spacial score (nSPS) is 18.2. The van der Waals surface area contributed by atoms with Crippen LogP contribution in [0.5, 0.6) is 0 Å². The first-order chi connectivity index (χ1) is 10.7. The van der Waals surface area contributed by atoms with E-state index >= 15 is 0 Å². The Balaban J connectivity index is 1.68. The van der Waals surface area contributed by atoms with Crippen molar-refractivity contribution < 1.29 is 4.74 Å². The number of pyridine rings is 1. The Labute approximate surface area is 140 Å². The molecule has 0 amide bonds. The molecule has 1 atom stereocenters. The van der Waals surface area contributed by atoms with E-state index in [1.807, 2.05) is 25.3 Å². The fourth-order valence-electron chi connectivity index (χ4n) is 2.69. The van der Waals surface area contributed by atoms with Gasteiger partial charge in [0.1, 0.15) is 10.2 Å². The van der Waals surface area contributed by atoms with Gasteiger partial charge in [0.2, 0.25) is 0 Å². The second-order valence-corrected chi connectivity index (χ2v) is 7.01. The average Bonchev–Trinajstić information content (AvgIpc) is 3.13. The molecule has 0 spiro atoms. The van der Waals surface area contributed by atoms with Crippen molar-refractivity contribution in [3.63, 3.8) is 0 Å². The van der Waals surface area contributed by atoms with Gasteiger partial charge in [0.25, 0.3) is 0 Å². The van der Waals surface area contributed by atoms with Crippen LogP contribution >= 0.6 is 22.9 Å². The monoisotopic (exact) mass is 337 g/mol. The third-order valence-electron chi connectivity index (χ3n) is 3.71. The van der Waals surface area contributed by atoms with Crippen LogP contribution < -0.4 is 0 Å². The molecule has 0 aromatic carbocycles. The van der Waals surface area contributed by atoms with Crippen molar-refractivity contribution in [2.75, 3.05) is 13.2 Å². The Morgan fingerprint density at radius 2 is 2.32 bits per heavy atom. The van der Waals surface area contributed by atoms with Gasteiger partial charge in [-0.3, -0.25) is 4.90 Å². The molecular weight excluding hydrogens is 318 g/mol. The van der Waals surface area contributed by atoms with Gasteiger partial charge in [-0.25, -0.2) is 9.97 Å². The van der Waals surface area contributed by atoms with E-state index < -0.39 is 0 Å². The third kappa shape index (κ3) is 4.49. The molecule has 0 radical (unpaired) electrons. The summed E-state index contributed by atoms with van der Waals surface area (Å²) >= 11 is 7.58. The maximum atomic E-state index is 5.87. The molecule has 22 heavy (non-hydrogen) atoms. The van der Waals surface area contributed by atoms with Crippen molar-refractivity contribution in [3.8, 4) is 0 Å². The van der Waals surface area contributed by atoms with Crippen LogP contribution in [0.4, 0.5) is 0 Å². The summed E-state index contributed by atoms with van der Waals surface area (Å²) in [6.45, 7) is 5.54. The van der Waals surface area contributed by atoms with E-state index in [1.165, 1.54) is 0 Å². The van der Waals surface area contributed by atoms with E-state index in [9.17, 15) is 0 Å². The maximum absolute atomic E-state index is 5.87. The van der Waals surface area contributed by atoms with Crippen molar-refractivity contribution in [2.45, 2.75) is 39.0 Å². The highest BCUT2D eigenvalue weighted by Gasteiger charge is 2.20. The zero-order valence-electron chi connectivity index (χ0n) is 12.7. The van der Waals surface area contributed by atoms with Gasteiger partial charge in [0.15, 0.2) is 0 Å². The van der Waals surface area contributed by atoms with Crippen molar-refractivity contribution in [2.24, 2.45) is 0 Å². The number of rotatable bonds is 6. The SMILES string of the molecule is Cc1csc(CN(Cc2ccc(Cl)nc2)C[C@@H]2CCCO2)n1. The molecule has 3 rings (SSSR count). The average molecular weight is 338 g/mol. The van der Waals surface area contributed by atoms with Gasteiger partial charge >= 0.3 is 0 Å². The Hall–Kier alpha value is -1.01. The Bertz CT molecular complexity index is 596. The standard InChI is InChI=1S/C16H20ClN3OS/c1-12-11-22-16(19-12)10-20(9-14-3-2-6-21-14)8-13-4-5-15(17)18-7-13/h4-5,7,11,14H,2-3,6,8-10H2,1H3/t14-/m0/s1. The minimum absolute atomic E-state index is 0.335. The highest BCUT2D eigenvalue weighted by Crippen LogP contribution is 2.19. The van der Waals surface area contributed by atoms with Crippen molar-refractivity contribution >= 4 is 22.9 Å². The molecule has 1 aliphatic rings. The Morgan fingerprint density at radius 3 is 2.95 bits per heavy atom. The summed E-state index contributed by atoms with van der Waals surface area (Å²) in [6.07, 6.45) is 4.49. The Kier molecular flexibility index (Phi) is 5.41. The molecule has 0 aliphatic carbocycles. The molecule has 0 bridgehead atoms. The molecule has 1 saturated heterocycles. The molecule has 4 nitrogen and oxygen atoms in total. The highest BCUT2D eigenvalue weighted by atomic mass is 35.5. The van der Waals surface area contributed by atoms with E-state index in [-0.39, 0.29) is 0 Å². The maximum Gasteiger partial charge on any atom is 0.129 e. The summed E-state index contributed by atoms with van der Waals surface area (Å²) in [5, 5.41) is 3.78. The predicted molar refractivity (Wildman–Crippen MR) is 89.2 cm³/mol. The number of nitrogens with zero attached hydrogens (tertiary/aromatic N) is 3. The van der Waals surface area contributed by atoms with Crippen LogP contribution in [0.2, 0.25) is 5.15 Å². The Morgan fingerprint density at radius 1 is 1.41 bits per heavy atom. The van der Waals surface area contributed by atoms with Crippen LogP contribution in [0, 0.1) is 6.92 Å². The van der Waals surface area contributed by atoms with Gasteiger partial charge in [0, 0.05) is 37.0 Å². The van der Waals surface area contributed by atoms with Crippen LogP contribution in [0.1, 0.15) is 29.1 Å². The van der Waals surface area contributed by atoms with Crippen LogP contribution in [0.15, 0.2) is 23.7 Å². The summed E-state index contributed by atoms with van der Waals surface area (Å²) in [5.74, 6) is 0. The van der Waals surface area contributed by atoms with E-state index in [0.29, 0.717) is 11.3 Å². The first-order valence-corrected chi connectivity index (χ1v) is 8.80. The molecule has 0 N–H and O–H groups in total. The lowest BCUT2D eigenvalue weighted by Gasteiger charge is -2.24. The van der Waals surface area contributed by atoms with E-state index in [4.69, 9.17) is 16.3 Å². The second kappa shape index (κ2) is 7.51. The van der Waals surface area contributed by atoms with Crippen LogP contribution in [0.3, 0.4) is 0 Å². The van der Waals surface area contributed by atoms with Crippen LogP contribution in [0.25, 0.3) is 0 Å². The molecule has 118 valence electrons. The number of aryl methyl sites for hydroxylation is 1. The van der Waals surface area contributed by atoms with Gasteiger partial charge in [-0.1, -0.05) is 17.7 Å². The fourth-order valence-corrected chi connectivity index (χ4v) is 3.61. The quantitative estimate of drug-likeness (QED) is 0.754. The molecule has 6 heteroatoms. The number of hydrogen-bond acceptors (Lipinski definition) is 5.